The number of benzene rings is 1. The molecule has 0 aliphatic carbocycles. The maximum absolute atomic E-state index is 12.5. The first-order chi connectivity index (χ1) is 15.7. The fraction of sp³-hybridized carbons (Fsp3) is 0.304. The van der Waals surface area contributed by atoms with Gasteiger partial charge in [0.2, 0.25) is 0 Å². The molecule has 11 heteroatoms. The van der Waals surface area contributed by atoms with Crippen LogP contribution in [0.3, 0.4) is 0 Å². The average molecular weight is 511 g/mol. The summed E-state index contributed by atoms with van der Waals surface area (Å²) >= 11 is 1.43. The first-order valence-electron chi connectivity index (χ1n) is 10.3. The molecule has 0 spiro atoms. The number of nitrogens with zero attached hydrogens (tertiary/aromatic N) is 4. The number of ketones is 1. The van der Waals surface area contributed by atoms with E-state index in [4.69, 9.17) is 4.74 Å². The fourth-order valence-corrected chi connectivity index (χ4v) is 4.03. The Morgan fingerprint density at radius 2 is 1.97 bits per heavy atom. The zero-order valence-electron chi connectivity index (χ0n) is 18.4. The van der Waals surface area contributed by atoms with E-state index in [0.29, 0.717) is 17.0 Å². The van der Waals surface area contributed by atoms with Crippen LogP contribution in [0.5, 0.6) is 5.75 Å². The predicted molar refractivity (Wildman–Crippen MR) is 127 cm³/mol. The van der Waals surface area contributed by atoms with Crippen LogP contribution >= 0.6 is 23.7 Å². The molecule has 1 aromatic carbocycles. The molecule has 0 aliphatic rings. The van der Waals surface area contributed by atoms with Gasteiger partial charge in [0.05, 0.1) is 24.4 Å². The lowest BCUT2D eigenvalue weighted by Crippen LogP contribution is -2.12. The second kappa shape index (κ2) is 10.5. The number of hydrogen-bond donors (Lipinski definition) is 0. The fourth-order valence-electron chi connectivity index (χ4n) is 3.47. The first kappa shape index (κ1) is 25.6. The van der Waals surface area contributed by atoms with Crippen molar-refractivity contribution in [3.63, 3.8) is 0 Å². The maximum atomic E-state index is 12.5. The molecule has 3 aromatic heterocycles. The van der Waals surface area contributed by atoms with Crippen molar-refractivity contribution in [3.8, 4) is 27.6 Å². The summed E-state index contributed by atoms with van der Waals surface area (Å²) in [5, 5.41) is 8.73. The average Bonchev–Trinajstić information content (AvgIpc) is 3.40. The Morgan fingerprint density at radius 3 is 2.65 bits per heavy atom. The zero-order chi connectivity index (χ0) is 23.6. The van der Waals surface area contributed by atoms with Crippen LogP contribution in [0.25, 0.3) is 27.5 Å². The van der Waals surface area contributed by atoms with E-state index in [1.807, 2.05) is 42.6 Å². The molecule has 3 heterocycles. The lowest BCUT2D eigenvalue weighted by molar-refractivity contribution is -0.143. The van der Waals surface area contributed by atoms with Crippen LogP contribution in [0.15, 0.2) is 48.2 Å². The van der Waals surface area contributed by atoms with E-state index in [0.717, 1.165) is 21.8 Å². The Balaban J connectivity index is 0.00000324. The normalized spacial score (nSPS) is 11.6. The van der Waals surface area contributed by atoms with Crippen LogP contribution in [0.1, 0.15) is 32.3 Å². The van der Waals surface area contributed by atoms with Gasteiger partial charge in [0.1, 0.15) is 27.7 Å². The molecule has 0 unspecified atom stereocenters. The summed E-state index contributed by atoms with van der Waals surface area (Å²) in [6.07, 6.45) is -2.64. The van der Waals surface area contributed by atoms with Crippen LogP contribution in [0.4, 0.5) is 13.2 Å². The van der Waals surface area contributed by atoms with E-state index in [1.54, 1.807) is 23.8 Å². The smallest absolute Gasteiger partial charge is 0.389 e. The van der Waals surface area contributed by atoms with Crippen LogP contribution in [-0.2, 0) is 11.2 Å². The molecule has 180 valence electrons. The molecule has 0 aliphatic heterocycles. The molecule has 0 atom stereocenters. The number of hydrogen-bond acceptors (Lipinski definition) is 6. The van der Waals surface area contributed by atoms with Gasteiger partial charge >= 0.3 is 6.18 Å². The SMILES string of the molecule is CC(C)Oc1cc(CC(=O)CCC(F)(F)F)cc(-c2cnc3cc(-c4nncs4)ccn23)c1.Cl. The van der Waals surface area contributed by atoms with Gasteiger partial charge in [-0.2, -0.15) is 13.2 Å². The van der Waals surface area contributed by atoms with Gasteiger partial charge in [-0.15, -0.1) is 22.6 Å². The molecule has 0 bridgehead atoms. The number of carbonyl (C=O) groups excluding carboxylic acids is 1. The quantitative estimate of drug-likeness (QED) is 0.283. The Labute approximate surface area is 204 Å². The van der Waals surface area contributed by atoms with E-state index >= 15 is 0 Å². The molecular weight excluding hydrogens is 489 g/mol. The van der Waals surface area contributed by atoms with Gasteiger partial charge < -0.3 is 4.74 Å². The van der Waals surface area contributed by atoms with Gasteiger partial charge in [-0.3, -0.25) is 9.20 Å². The molecule has 0 fully saturated rings. The number of aromatic nitrogens is 4. The highest BCUT2D eigenvalue weighted by molar-refractivity contribution is 7.12. The maximum Gasteiger partial charge on any atom is 0.389 e. The number of fused-ring (bicyclic) bond motifs is 1. The second-order valence-electron chi connectivity index (χ2n) is 7.89. The van der Waals surface area contributed by atoms with Crippen molar-refractivity contribution in [2.24, 2.45) is 0 Å². The minimum absolute atomic E-state index is 0. The third-order valence-electron chi connectivity index (χ3n) is 4.84. The number of carbonyl (C=O) groups is 1. The number of alkyl halides is 3. The predicted octanol–water partition coefficient (Wildman–Crippen LogP) is 6.18. The molecule has 0 amide bonds. The summed E-state index contributed by atoms with van der Waals surface area (Å²) in [4.78, 5) is 16.7. The van der Waals surface area contributed by atoms with Crippen molar-refractivity contribution < 1.29 is 22.7 Å². The summed E-state index contributed by atoms with van der Waals surface area (Å²) in [5.41, 5.74) is 5.38. The number of imidazole rings is 1. The molecular formula is C23H22ClF3N4O2S. The summed E-state index contributed by atoms with van der Waals surface area (Å²) in [6.45, 7) is 3.76. The topological polar surface area (TPSA) is 69.4 Å². The zero-order valence-corrected chi connectivity index (χ0v) is 20.0. The summed E-state index contributed by atoms with van der Waals surface area (Å²) in [5.74, 6) is 0.0707. The monoisotopic (exact) mass is 510 g/mol. The largest absolute Gasteiger partial charge is 0.491 e. The van der Waals surface area contributed by atoms with Crippen molar-refractivity contribution in [3.05, 3.63) is 53.8 Å². The molecule has 4 aromatic rings. The van der Waals surface area contributed by atoms with E-state index in [1.165, 1.54) is 11.3 Å². The number of halogens is 4. The van der Waals surface area contributed by atoms with Crippen LogP contribution < -0.4 is 4.74 Å². The van der Waals surface area contributed by atoms with E-state index < -0.39 is 24.8 Å². The minimum atomic E-state index is -4.35. The second-order valence-corrected chi connectivity index (χ2v) is 8.73. The van der Waals surface area contributed by atoms with Gasteiger partial charge in [0.15, 0.2) is 0 Å². The van der Waals surface area contributed by atoms with Crippen LogP contribution in [0.2, 0.25) is 0 Å². The van der Waals surface area contributed by atoms with E-state index in [9.17, 15) is 18.0 Å². The number of rotatable bonds is 8. The lowest BCUT2D eigenvalue weighted by atomic mass is 10.0. The van der Waals surface area contributed by atoms with E-state index in [-0.39, 0.29) is 24.9 Å². The highest BCUT2D eigenvalue weighted by atomic mass is 35.5. The third kappa shape index (κ3) is 6.32. The standard InChI is InChI=1S/C23H21F3N4O2S.ClH/c1-14(2)32-19-9-15(8-18(31)3-5-23(24,25)26)7-17(10-19)20-12-27-21-11-16(4-6-30(20)21)22-29-28-13-33-22;/h4,6-7,9-14H,3,5,8H2,1-2H3;1H. The first-order valence-corrected chi connectivity index (χ1v) is 11.2. The minimum Gasteiger partial charge on any atom is -0.491 e. The van der Waals surface area contributed by atoms with Gasteiger partial charge in [-0.25, -0.2) is 4.98 Å². The molecule has 4 rings (SSSR count). The van der Waals surface area contributed by atoms with Gasteiger partial charge in [-0.05, 0) is 49.7 Å². The molecule has 0 N–H and O–H groups in total. The summed E-state index contributed by atoms with van der Waals surface area (Å²) in [7, 11) is 0. The Hall–Kier alpha value is -2.98. The number of pyridine rings is 1. The van der Waals surface area contributed by atoms with Crippen molar-refractivity contribution in [2.75, 3.05) is 0 Å². The lowest BCUT2D eigenvalue weighted by Gasteiger charge is -2.14. The Bertz CT molecular complexity index is 1270. The summed E-state index contributed by atoms with van der Waals surface area (Å²) < 4.78 is 45.2. The molecule has 0 radical (unpaired) electrons. The van der Waals surface area contributed by atoms with Crippen molar-refractivity contribution in [1.82, 2.24) is 19.6 Å². The van der Waals surface area contributed by atoms with E-state index in [2.05, 4.69) is 15.2 Å². The summed E-state index contributed by atoms with van der Waals surface area (Å²) in [6, 6.07) is 9.15. The third-order valence-corrected chi connectivity index (χ3v) is 5.58. The van der Waals surface area contributed by atoms with Crippen molar-refractivity contribution >= 4 is 35.2 Å². The number of ether oxygens (including phenoxy) is 1. The van der Waals surface area contributed by atoms with Crippen molar-refractivity contribution in [2.45, 2.75) is 45.4 Å². The molecule has 0 saturated heterocycles. The molecule has 0 saturated carbocycles. The van der Waals surface area contributed by atoms with Gasteiger partial charge in [-0.1, -0.05) is 11.3 Å². The number of Topliss-reactive ketones (excluding diaryl/α,β-unsaturated/α-hetero) is 1. The van der Waals surface area contributed by atoms with Crippen LogP contribution in [0, 0.1) is 0 Å². The van der Waals surface area contributed by atoms with Crippen LogP contribution in [-0.4, -0.2) is 37.6 Å². The van der Waals surface area contributed by atoms with Gasteiger partial charge in [0.25, 0.3) is 0 Å². The highest BCUT2D eigenvalue weighted by Gasteiger charge is 2.27. The highest BCUT2D eigenvalue weighted by Crippen LogP contribution is 2.30. The molecule has 34 heavy (non-hydrogen) atoms. The Morgan fingerprint density at radius 1 is 1.18 bits per heavy atom. The van der Waals surface area contributed by atoms with Crippen molar-refractivity contribution in [1.29, 1.82) is 0 Å². The molecule has 6 nitrogen and oxygen atoms in total. The van der Waals surface area contributed by atoms with Gasteiger partial charge in [0, 0.05) is 30.2 Å². The Kier molecular flexibility index (Phi) is 7.93.